The van der Waals surface area contributed by atoms with Crippen LogP contribution in [0.2, 0.25) is 0 Å². The molecule has 0 aliphatic heterocycles. The molecule has 1 atom stereocenters. The van der Waals surface area contributed by atoms with Gasteiger partial charge in [0, 0.05) is 6.54 Å². The van der Waals surface area contributed by atoms with E-state index in [2.05, 4.69) is 67.7 Å². The van der Waals surface area contributed by atoms with Gasteiger partial charge < -0.3 is 10.1 Å². The van der Waals surface area contributed by atoms with E-state index in [4.69, 9.17) is 4.74 Å². The van der Waals surface area contributed by atoms with Crippen molar-refractivity contribution in [2.75, 3.05) is 18.5 Å². The van der Waals surface area contributed by atoms with E-state index in [1.54, 1.807) is 0 Å². The number of benzene rings is 2. The maximum atomic E-state index is 5.69. The van der Waals surface area contributed by atoms with Crippen molar-refractivity contribution in [1.29, 1.82) is 0 Å². The number of nitrogens with one attached hydrogen (secondary N) is 1. The molecule has 0 saturated heterocycles. The molecule has 0 aliphatic carbocycles. The predicted molar refractivity (Wildman–Crippen MR) is 85.7 cm³/mol. The van der Waals surface area contributed by atoms with Crippen LogP contribution in [0.5, 0.6) is 5.75 Å². The van der Waals surface area contributed by atoms with Crippen molar-refractivity contribution in [3.63, 3.8) is 0 Å². The van der Waals surface area contributed by atoms with E-state index in [9.17, 15) is 0 Å². The SMILES string of the molecule is CCOc1cc(C)ccc1NCC(C)c1ccccc1. The number of ether oxygens (including phenoxy) is 1. The Morgan fingerprint density at radius 3 is 2.55 bits per heavy atom. The van der Waals surface area contributed by atoms with Crippen LogP contribution in [0.25, 0.3) is 0 Å². The summed E-state index contributed by atoms with van der Waals surface area (Å²) >= 11 is 0. The Labute approximate surface area is 121 Å². The minimum absolute atomic E-state index is 0.465. The second kappa shape index (κ2) is 6.99. The van der Waals surface area contributed by atoms with Crippen molar-refractivity contribution in [2.45, 2.75) is 26.7 Å². The third-order valence-electron chi connectivity index (χ3n) is 3.40. The molecule has 1 N–H and O–H groups in total. The first-order valence-electron chi connectivity index (χ1n) is 7.23. The highest BCUT2D eigenvalue weighted by Crippen LogP contribution is 2.26. The molecule has 1 unspecified atom stereocenters. The van der Waals surface area contributed by atoms with Gasteiger partial charge in [-0.3, -0.25) is 0 Å². The smallest absolute Gasteiger partial charge is 0.142 e. The Bertz CT molecular complexity index is 536. The van der Waals surface area contributed by atoms with E-state index >= 15 is 0 Å². The maximum absolute atomic E-state index is 5.69. The molecule has 2 heteroatoms. The third kappa shape index (κ3) is 3.77. The molecule has 0 bridgehead atoms. The second-order valence-electron chi connectivity index (χ2n) is 5.13. The Morgan fingerprint density at radius 1 is 1.10 bits per heavy atom. The molecule has 0 radical (unpaired) electrons. The zero-order chi connectivity index (χ0) is 14.4. The Hall–Kier alpha value is -1.96. The highest BCUT2D eigenvalue weighted by atomic mass is 16.5. The Balaban J connectivity index is 2.03. The van der Waals surface area contributed by atoms with Gasteiger partial charge in [0.05, 0.1) is 12.3 Å². The van der Waals surface area contributed by atoms with Crippen molar-refractivity contribution in [1.82, 2.24) is 0 Å². The standard InChI is InChI=1S/C18H23NO/c1-4-20-18-12-14(2)10-11-17(18)19-13-15(3)16-8-6-5-7-9-16/h5-12,15,19H,4,13H2,1-3H3. The van der Waals surface area contributed by atoms with Gasteiger partial charge in [-0.15, -0.1) is 0 Å². The zero-order valence-corrected chi connectivity index (χ0v) is 12.5. The largest absolute Gasteiger partial charge is 0.492 e. The topological polar surface area (TPSA) is 21.3 Å². The molecule has 0 heterocycles. The molecule has 0 amide bonds. The van der Waals surface area contributed by atoms with Crippen LogP contribution in [-0.4, -0.2) is 13.2 Å². The first-order chi connectivity index (χ1) is 9.70. The number of hydrogen-bond donors (Lipinski definition) is 1. The van der Waals surface area contributed by atoms with Crippen LogP contribution < -0.4 is 10.1 Å². The molecule has 0 saturated carbocycles. The molecular formula is C18H23NO. The zero-order valence-electron chi connectivity index (χ0n) is 12.5. The fourth-order valence-electron chi connectivity index (χ4n) is 2.21. The lowest BCUT2D eigenvalue weighted by atomic mass is 10.0. The van der Waals surface area contributed by atoms with E-state index in [0.717, 1.165) is 18.0 Å². The quantitative estimate of drug-likeness (QED) is 0.827. The van der Waals surface area contributed by atoms with Gasteiger partial charge in [0.2, 0.25) is 0 Å². The fourth-order valence-corrected chi connectivity index (χ4v) is 2.21. The first-order valence-corrected chi connectivity index (χ1v) is 7.23. The van der Waals surface area contributed by atoms with Crippen LogP contribution >= 0.6 is 0 Å². The second-order valence-corrected chi connectivity index (χ2v) is 5.13. The average molecular weight is 269 g/mol. The van der Waals surface area contributed by atoms with Gasteiger partial charge in [0.25, 0.3) is 0 Å². The van der Waals surface area contributed by atoms with Gasteiger partial charge in [-0.05, 0) is 43.0 Å². The van der Waals surface area contributed by atoms with Gasteiger partial charge in [-0.25, -0.2) is 0 Å². The van der Waals surface area contributed by atoms with E-state index in [0.29, 0.717) is 12.5 Å². The molecule has 0 fully saturated rings. The van der Waals surface area contributed by atoms with Crippen LogP contribution in [0, 0.1) is 6.92 Å². The van der Waals surface area contributed by atoms with Crippen molar-refractivity contribution in [3.8, 4) is 5.75 Å². The van der Waals surface area contributed by atoms with Gasteiger partial charge in [-0.2, -0.15) is 0 Å². The number of hydrogen-bond acceptors (Lipinski definition) is 2. The maximum Gasteiger partial charge on any atom is 0.142 e. The van der Waals surface area contributed by atoms with Crippen molar-refractivity contribution in [3.05, 3.63) is 59.7 Å². The highest BCUT2D eigenvalue weighted by Gasteiger charge is 2.07. The summed E-state index contributed by atoms with van der Waals surface area (Å²) in [7, 11) is 0. The summed E-state index contributed by atoms with van der Waals surface area (Å²) in [5, 5.41) is 3.50. The predicted octanol–water partition coefficient (Wildman–Crippen LogP) is 4.61. The minimum Gasteiger partial charge on any atom is -0.492 e. The first kappa shape index (κ1) is 14.4. The van der Waals surface area contributed by atoms with Crippen LogP contribution in [0.3, 0.4) is 0 Å². The third-order valence-corrected chi connectivity index (χ3v) is 3.40. The van der Waals surface area contributed by atoms with Crippen LogP contribution in [-0.2, 0) is 0 Å². The van der Waals surface area contributed by atoms with Gasteiger partial charge in [0.1, 0.15) is 5.75 Å². The molecule has 106 valence electrons. The lowest BCUT2D eigenvalue weighted by molar-refractivity contribution is 0.341. The molecule has 0 spiro atoms. The van der Waals surface area contributed by atoms with E-state index in [-0.39, 0.29) is 0 Å². The summed E-state index contributed by atoms with van der Waals surface area (Å²) in [6.45, 7) is 7.91. The summed E-state index contributed by atoms with van der Waals surface area (Å²) < 4.78 is 5.69. The summed E-state index contributed by atoms with van der Waals surface area (Å²) in [5.41, 5.74) is 3.64. The van der Waals surface area contributed by atoms with Crippen LogP contribution in [0.1, 0.15) is 30.9 Å². The molecule has 2 aromatic rings. The van der Waals surface area contributed by atoms with Gasteiger partial charge in [0.15, 0.2) is 0 Å². The van der Waals surface area contributed by atoms with Crippen molar-refractivity contribution < 1.29 is 4.74 Å². The fraction of sp³-hybridized carbons (Fsp3) is 0.333. The number of aryl methyl sites for hydroxylation is 1. The summed E-state index contributed by atoms with van der Waals surface area (Å²) in [6, 6.07) is 16.9. The van der Waals surface area contributed by atoms with Gasteiger partial charge in [-0.1, -0.05) is 43.3 Å². The van der Waals surface area contributed by atoms with Gasteiger partial charge >= 0.3 is 0 Å². The summed E-state index contributed by atoms with van der Waals surface area (Å²) in [5.74, 6) is 1.40. The molecular weight excluding hydrogens is 246 g/mol. The lowest BCUT2D eigenvalue weighted by Crippen LogP contribution is -2.11. The monoisotopic (exact) mass is 269 g/mol. The molecule has 2 rings (SSSR count). The molecule has 2 nitrogen and oxygen atoms in total. The van der Waals surface area contributed by atoms with Crippen LogP contribution in [0.15, 0.2) is 48.5 Å². The Morgan fingerprint density at radius 2 is 1.85 bits per heavy atom. The normalized spacial score (nSPS) is 11.9. The van der Waals surface area contributed by atoms with Crippen LogP contribution in [0.4, 0.5) is 5.69 Å². The van der Waals surface area contributed by atoms with Crippen molar-refractivity contribution in [2.24, 2.45) is 0 Å². The number of rotatable bonds is 6. The Kier molecular flexibility index (Phi) is 5.05. The molecule has 20 heavy (non-hydrogen) atoms. The number of anilines is 1. The highest BCUT2D eigenvalue weighted by molar-refractivity contribution is 5.57. The minimum atomic E-state index is 0.465. The van der Waals surface area contributed by atoms with E-state index in [1.807, 2.05) is 6.92 Å². The summed E-state index contributed by atoms with van der Waals surface area (Å²) in [6.07, 6.45) is 0. The summed E-state index contributed by atoms with van der Waals surface area (Å²) in [4.78, 5) is 0. The lowest BCUT2D eigenvalue weighted by Gasteiger charge is -2.17. The molecule has 0 aromatic heterocycles. The molecule has 0 aliphatic rings. The van der Waals surface area contributed by atoms with E-state index in [1.165, 1.54) is 11.1 Å². The average Bonchev–Trinajstić information content (AvgIpc) is 2.47. The van der Waals surface area contributed by atoms with E-state index < -0.39 is 0 Å². The van der Waals surface area contributed by atoms with Crippen molar-refractivity contribution >= 4 is 5.69 Å². The molecule has 2 aromatic carbocycles.